The van der Waals surface area contributed by atoms with Crippen molar-refractivity contribution < 1.29 is 23.6 Å². The summed E-state index contributed by atoms with van der Waals surface area (Å²) < 4.78 is 5.21. The molecule has 0 unspecified atom stereocenters. The molecule has 0 aromatic rings. The average molecular weight is 168 g/mol. The molecule has 0 bridgehead atoms. The molecule has 11 heavy (non-hydrogen) atoms. The summed E-state index contributed by atoms with van der Waals surface area (Å²) in [5.74, 6) is 0.590. The first-order valence-electron chi connectivity index (χ1n) is 3.23. The summed E-state index contributed by atoms with van der Waals surface area (Å²) in [6, 6.07) is 0. The fraction of sp³-hybridized carbons (Fsp3) is 0.714. The predicted octanol–water partition coefficient (Wildman–Crippen LogP) is -1.01. The van der Waals surface area contributed by atoms with E-state index in [4.69, 9.17) is 16.3 Å². The molecule has 1 heterocycles. The second kappa shape index (κ2) is 3.76. The van der Waals surface area contributed by atoms with Crippen LogP contribution in [-0.4, -0.2) is 18.0 Å². The van der Waals surface area contributed by atoms with Gasteiger partial charge in [0.25, 0.3) is 0 Å². The SMILES string of the molecule is C[C-](Cl)C1=NC(C)(C)CO1.[Li+]. The zero-order chi connectivity index (χ0) is 7.78. The number of aliphatic imine (C=N–C) groups is 1. The minimum Gasteiger partial charge on any atom is -0.507 e. The third-order valence-corrected chi connectivity index (χ3v) is 1.42. The summed E-state index contributed by atoms with van der Waals surface area (Å²) in [6.07, 6.45) is 0. The third kappa shape index (κ3) is 2.99. The van der Waals surface area contributed by atoms with Gasteiger partial charge >= 0.3 is 18.9 Å². The van der Waals surface area contributed by atoms with E-state index in [1.807, 2.05) is 13.8 Å². The number of hydrogen-bond donors (Lipinski definition) is 0. The van der Waals surface area contributed by atoms with Crippen LogP contribution in [0, 0.1) is 5.38 Å². The minimum atomic E-state index is -0.0918. The molecule has 58 valence electrons. The molecule has 0 aliphatic carbocycles. The quantitative estimate of drug-likeness (QED) is 0.362. The fourth-order valence-corrected chi connectivity index (χ4v) is 0.858. The van der Waals surface area contributed by atoms with Gasteiger partial charge in [0.15, 0.2) is 0 Å². The fourth-order valence-electron chi connectivity index (χ4n) is 0.761. The van der Waals surface area contributed by atoms with Crippen LogP contribution < -0.4 is 18.9 Å². The van der Waals surface area contributed by atoms with Crippen molar-refractivity contribution in [3.63, 3.8) is 0 Å². The van der Waals surface area contributed by atoms with E-state index < -0.39 is 0 Å². The Labute approximate surface area is 84.5 Å². The van der Waals surface area contributed by atoms with E-state index in [0.29, 0.717) is 17.9 Å². The zero-order valence-electron chi connectivity index (χ0n) is 7.44. The van der Waals surface area contributed by atoms with Crippen LogP contribution in [0.15, 0.2) is 4.99 Å². The van der Waals surface area contributed by atoms with Crippen LogP contribution in [0.4, 0.5) is 0 Å². The van der Waals surface area contributed by atoms with Gasteiger partial charge in [-0.25, -0.2) is 5.38 Å². The molecule has 0 spiro atoms. The van der Waals surface area contributed by atoms with Crippen LogP contribution in [-0.2, 0) is 4.74 Å². The number of halogens is 1. The summed E-state index contributed by atoms with van der Waals surface area (Å²) in [5, 5.41) is 0.630. The summed E-state index contributed by atoms with van der Waals surface area (Å²) in [5.41, 5.74) is -0.0918. The Bertz CT molecular complexity index is 168. The Hall–Kier alpha value is 0.227. The topological polar surface area (TPSA) is 21.6 Å². The summed E-state index contributed by atoms with van der Waals surface area (Å²) in [6.45, 7) is 6.44. The third-order valence-electron chi connectivity index (χ3n) is 1.26. The van der Waals surface area contributed by atoms with E-state index in [0.717, 1.165) is 0 Å². The second-order valence-electron chi connectivity index (χ2n) is 3.05. The van der Waals surface area contributed by atoms with E-state index in [1.54, 1.807) is 6.92 Å². The van der Waals surface area contributed by atoms with Gasteiger partial charge in [-0.05, 0) is 13.8 Å². The Morgan fingerprint density at radius 2 is 2.18 bits per heavy atom. The summed E-state index contributed by atoms with van der Waals surface area (Å²) in [7, 11) is 0. The van der Waals surface area contributed by atoms with Crippen molar-refractivity contribution in [3.05, 3.63) is 5.38 Å². The van der Waals surface area contributed by atoms with Crippen LogP contribution in [0.5, 0.6) is 0 Å². The molecule has 0 amide bonds. The largest absolute Gasteiger partial charge is 1.00 e. The molecule has 0 saturated carbocycles. The molecule has 0 atom stereocenters. The molecule has 0 N–H and O–H groups in total. The molecule has 0 aromatic carbocycles. The Kier molecular flexibility index (Phi) is 3.83. The zero-order valence-corrected chi connectivity index (χ0v) is 8.20. The first-order valence-corrected chi connectivity index (χ1v) is 3.61. The first kappa shape index (κ1) is 11.2. The van der Waals surface area contributed by atoms with Crippen LogP contribution in [0.3, 0.4) is 0 Å². The van der Waals surface area contributed by atoms with Crippen LogP contribution >= 0.6 is 11.6 Å². The van der Waals surface area contributed by atoms with E-state index in [9.17, 15) is 0 Å². The van der Waals surface area contributed by atoms with Gasteiger partial charge in [-0.3, -0.25) is 4.99 Å². The Morgan fingerprint density at radius 3 is 2.36 bits per heavy atom. The average Bonchev–Trinajstić information content (AvgIpc) is 2.10. The van der Waals surface area contributed by atoms with E-state index in [-0.39, 0.29) is 24.4 Å². The van der Waals surface area contributed by atoms with Crippen molar-refractivity contribution in [1.29, 1.82) is 0 Å². The van der Waals surface area contributed by atoms with Gasteiger partial charge in [-0.15, -0.1) is 0 Å². The number of rotatable bonds is 1. The van der Waals surface area contributed by atoms with Gasteiger partial charge in [-0.2, -0.15) is 6.92 Å². The Balaban J connectivity index is 0.000001000. The van der Waals surface area contributed by atoms with Gasteiger partial charge in [0.1, 0.15) is 6.61 Å². The van der Waals surface area contributed by atoms with E-state index >= 15 is 0 Å². The number of hydrogen-bond acceptors (Lipinski definition) is 2. The van der Waals surface area contributed by atoms with Crippen molar-refractivity contribution in [2.75, 3.05) is 6.61 Å². The minimum absolute atomic E-state index is 0. The molecule has 0 fully saturated rings. The van der Waals surface area contributed by atoms with Gasteiger partial charge in [0.05, 0.1) is 11.4 Å². The van der Waals surface area contributed by atoms with Crippen LogP contribution in [0.1, 0.15) is 20.8 Å². The molecule has 1 aliphatic rings. The van der Waals surface area contributed by atoms with E-state index in [2.05, 4.69) is 4.99 Å². The van der Waals surface area contributed by atoms with Crippen molar-refractivity contribution >= 4 is 17.5 Å². The van der Waals surface area contributed by atoms with Gasteiger partial charge in [-0.1, -0.05) is 0 Å². The van der Waals surface area contributed by atoms with Crippen molar-refractivity contribution in [1.82, 2.24) is 0 Å². The molecule has 4 heteroatoms. The van der Waals surface area contributed by atoms with Gasteiger partial charge < -0.3 is 16.3 Å². The molecular weight excluding hydrogens is 156 g/mol. The number of nitrogens with zero attached hydrogens (tertiary/aromatic N) is 1. The monoisotopic (exact) mass is 167 g/mol. The maximum Gasteiger partial charge on any atom is 1.00 e. The van der Waals surface area contributed by atoms with Crippen molar-refractivity contribution in [2.45, 2.75) is 26.3 Å². The van der Waals surface area contributed by atoms with Crippen molar-refractivity contribution in [2.24, 2.45) is 4.99 Å². The molecule has 1 rings (SSSR count). The van der Waals surface area contributed by atoms with E-state index in [1.165, 1.54) is 0 Å². The smallest absolute Gasteiger partial charge is 0.507 e. The Morgan fingerprint density at radius 1 is 1.64 bits per heavy atom. The van der Waals surface area contributed by atoms with Crippen LogP contribution in [0.25, 0.3) is 0 Å². The van der Waals surface area contributed by atoms with Gasteiger partial charge in [0.2, 0.25) is 0 Å². The molecule has 0 aromatic heterocycles. The van der Waals surface area contributed by atoms with Crippen molar-refractivity contribution in [3.8, 4) is 0 Å². The second-order valence-corrected chi connectivity index (χ2v) is 3.62. The molecule has 2 nitrogen and oxygen atoms in total. The first-order chi connectivity index (χ1) is 4.51. The molecule has 0 radical (unpaired) electrons. The molecular formula is C7H11ClLiNO. The maximum atomic E-state index is 5.67. The molecule has 1 aliphatic heterocycles. The summed E-state index contributed by atoms with van der Waals surface area (Å²) in [4.78, 5) is 4.25. The van der Waals surface area contributed by atoms with Gasteiger partial charge in [0, 0.05) is 0 Å². The number of ether oxygens (including phenoxy) is 1. The predicted molar refractivity (Wildman–Crippen MR) is 42.2 cm³/mol. The van der Waals surface area contributed by atoms with Crippen LogP contribution in [0.2, 0.25) is 0 Å². The normalized spacial score (nSPS) is 19.8. The summed E-state index contributed by atoms with van der Waals surface area (Å²) >= 11 is 5.67. The standard InChI is InChI=1S/C7H11ClNO.Li/c1-5(8)6-9-7(2,3)4-10-6;/h4H2,1-3H3;/q-1;+1. The molecule has 0 saturated heterocycles. The maximum absolute atomic E-state index is 5.67.